The highest BCUT2D eigenvalue weighted by Gasteiger charge is 2.06. The molecule has 0 fully saturated rings. The van der Waals surface area contributed by atoms with Crippen LogP contribution in [-0.4, -0.2) is 35.2 Å². The number of imidazole rings is 1. The molecule has 3 heterocycles. The summed E-state index contributed by atoms with van der Waals surface area (Å²) in [6.45, 7) is 2.82. The van der Waals surface area contributed by atoms with Gasteiger partial charge in [0.25, 0.3) is 0 Å². The van der Waals surface area contributed by atoms with Crippen molar-refractivity contribution in [2.75, 3.05) is 5.32 Å². The van der Waals surface area contributed by atoms with Crippen LogP contribution in [0, 0.1) is 0 Å². The maximum absolute atomic E-state index is 11.3. The molecule has 0 bridgehead atoms. The molecule has 3 aromatic heterocycles. The summed E-state index contributed by atoms with van der Waals surface area (Å²) < 4.78 is 3.33. The molecule has 0 aliphatic heterocycles. The van der Waals surface area contributed by atoms with E-state index >= 15 is 0 Å². The number of fused-ring (bicyclic) bond motifs is 1. The predicted molar refractivity (Wildman–Crippen MR) is 68.9 cm³/mol. The maximum Gasteiger partial charge on any atom is 0.348 e. The van der Waals surface area contributed by atoms with Gasteiger partial charge in [0.05, 0.1) is 6.33 Å². The highest BCUT2D eigenvalue weighted by Crippen LogP contribution is 2.07. The van der Waals surface area contributed by atoms with E-state index in [-0.39, 0.29) is 11.7 Å². The molecule has 1 unspecified atom stereocenters. The Balaban J connectivity index is 1.75. The Morgan fingerprint density at radius 1 is 1.47 bits per heavy atom. The second kappa shape index (κ2) is 4.56. The molecule has 3 rings (SSSR count). The number of hydrogen-bond acceptors (Lipinski definition) is 5. The Morgan fingerprint density at radius 3 is 3.16 bits per heavy atom. The van der Waals surface area contributed by atoms with Gasteiger partial charge in [-0.15, -0.1) is 0 Å². The average molecular weight is 259 g/mol. The highest BCUT2D eigenvalue weighted by molar-refractivity contribution is 5.48. The molecule has 0 aromatic carbocycles. The summed E-state index contributed by atoms with van der Waals surface area (Å²) in [5, 5.41) is 9.52. The molecule has 1 atom stereocenters. The second-order valence-corrected chi connectivity index (χ2v) is 4.34. The highest BCUT2D eigenvalue weighted by atomic mass is 16.1. The SMILES string of the molecule is CC(Cn1ccnc1)Nc1cc2n[nH]c(=O)n2cn1. The maximum atomic E-state index is 11.3. The number of aromatic nitrogens is 6. The predicted octanol–water partition coefficient (Wildman–Crippen LogP) is 0.115. The molecule has 19 heavy (non-hydrogen) atoms. The van der Waals surface area contributed by atoms with Gasteiger partial charge in [-0.3, -0.25) is 0 Å². The average Bonchev–Trinajstić information content (AvgIpc) is 3.00. The van der Waals surface area contributed by atoms with Crippen molar-refractivity contribution >= 4 is 11.5 Å². The molecule has 0 spiro atoms. The summed E-state index contributed by atoms with van der Waals surface area (Å²) in [7, 11) is 0. The van der Waals surface area contributed by atoms with Gasteiger partial charge in [-0.05, 0) is 6.92 Å². The van der Waals surface area contributed by atoms with Gasteiger partial charge in [-0.1, -0.05) is 0 Å². The molecular weight excluding hydrogens is 246 g/mol. The molecule has 8 heteroatoms. The Morgan fingerprint density at radius 2 is 2.37 bits per heavy atom. The fraction of sp³-hybridized carbons (Fsp3) is 0.273. The largest absolute Gasteiger partial charge is 0.366 e. The first-order valence-corrected chi connectivity index (χ1v) is 5.87. The van der Waals surface area contributed by atoms with E-state index in [1.807, 2.05) is 17.7 Å². The van der Waals surface area contributed by atoms with Crippen molar-refractivity contribution in [1.82, 2.24) is 29.1 Å². The van der Waals surface area contributed by atoms with Crippen LogP contribution in [-0.2, 0) is 6.54 Å². The Hall–Kier alpha value is -2.64. The standard InChI is InChI=1S/C11H13N7O/c1-8(5-17-3-2-12-6-17)14-9-4-10-15-16-11(19)18(10)7-13-9/h2-4,6-8,14H,5H2,1H3,(H,16,19). The van der Waals surface area contributed by atoms with E-state index in [1.54, 1.807) is 18.6 Å². The monoisotopic (exact) mass is 259 g/mol. The smallest absolute Gasteiger partial charge is 0.348 e. The van der Waals surface area contributed by atoms with E-state index in [0.717, 1.165) is 6.54 Å². The van der Waals surface area contributed by atoms with Crippen LogP contribution < -0.4 is 11.0 Å². The fourth-order valence-electron chi connectivity index (χ4n) is 1.90. The van der Waals surface area contributed by atoms with Crippen molar-refractivity contribution in [3.63, 3.8) is 0 Å². The summed E-state index contributed by atoms with van der Waals surface area (Å²) in [4.78, 5) is 19.5. The normalized spacial score (nSPS) is 12.7. The van der Waals surface area contributed by atoms with Crippen LogP contribution in [0.1, 0.15) is 6.92 Å². The van der Waals surface area contributed by atoms with E-state index < -0.39 is 0 Å². The van der Waals surface area contributed by atoms with E-state index in [2.05, 4.69) is 25.5 Å². The summed E-state index contributed by atoms with van der Waals surface area (Å²) in [6.07, 6.45) is 6.87. The van der Waals surface area contributed by atoms with Crippen molar-refractivity contribution < 1.29 is 0 Å². The zero-order chi connectivity index (χ0) is 13.2. The number of H-pyrrole nitrogens is 1. The van der Waals surface area contributed by atoms with Gasteiger partial charge >= 0.3 is 5.69 Å². The van der Waals surface area contributed by atoms with Crippen LogP contribution in [0.4, 0.5) is 5.82 Å². The van der Waals surface area contributed by atoms with Crippen LogP contribution in [0.5, 0.6) is 0 Å². The zero-order valence-corrected chi connectivity index (χ0v) is 10.3. The van der Waals surface area contributed by atoms with Crippen molar-refractivity contribution in [3.05, 3.63) is 41.6 Å². The lowest BCUT2D eigenvalue weighted by atomic mass is 10.3. The van der Waals surface area contributed by atoms with Crippen molar-refractivity contribution in [2.24, 2.45) is 0 Å². The van der Waals surface area contributed by atoms with Gasteiger partial charge in [0, 0.05) is 31.0 Å². The first kappa shape index (κ1) is 11.5. The summed E-state index contributed by atoms with van der Waals surface area (Å²) in [5.41, 5.74) is 0.248. The van der Waals surface area contributed by atoms with Crippen LogP contribution in [0.2, 0.25) is 0 Å². The number of hydrogen-bond donors (Lipinski definition) is 2. The van der Waals surface area contributed by atoms with Gasteiger partial charge < -0.3 is 9.88 Å². The third-order valence-corrected chi connectivity index (χ3v) is 2.75. The van der Waals surface area contributed by atoms with Crippen LogP contribution >= 0.6 is 0 Å². The third kappa shape index (κ3) is 2.32. The molecule has 3 aromatic rings. The van der Waals surface area contributed by atoms with Crippen molar-refractivity contribution in [1.29, 1.82) is 0 Å². The van der Waals surface area contributed by atoms with Crippen LogP contribution in [0.15, 0.2) is 35.9 Å². The lowest BCUT2D eigenvalue weighted by Gasteiger charge is -2.14. The zero-order valence-electron chi connectivity index (χ0n) is 10.3. The van der Waals surface area contributed by atoms with E-state index in [1.165, 1.54) is 10.7 Å². The minimum absolute atomic E-state index is 0.176. The number of rotatable bonds is 4. The summed E-state index contributed by atoms with van der Waals surface area (Å²) >= 11 is 0. The van der Waals surface area contributed by atoms with E-state index in [4.69, 9.17) is 0 Å². The molecule has 2 N–H and O–H groups in total. The number of anilines is 1. The first-order valence-electron chi connectivity index (χ1n) is 5.87. The minimum atomic E-state index is -0.291. The summed E-state index contributed by atoms with van der Waals surface area (Å²) in [5.74, 6) is 0.680. The Bertz CT molecular complexity index is 727. The second-order valence-electron chi connectivity index (χ2n) is 4.34. The molecule has 0 amide bonds. The fourth-order valence-corrected chi connectivity index (χ4v) is 1.90. The lowest BCUT2D eigenvalue weighted by molar-refractivity contribution is 0.617. The number of aromatic amines is 1. The molecule has 0 aliphatic rings. The molecule has 98 valence electrons. The van der Waals surface area contributed by atoms with Gasteiger partial charge in [0.15, 0.2) is 5.65 Å². The molecule has 0 saturated carbocycles. The number of nitrogens with one attached hydrogen (secondary N) is 2. The Labute approximate surface area is 108 Å². The molecule has 0 radical (unpaired) electrons. The first-order chi connectivity index (χ1) is 9.22. The topological polar surface area (TPSA) is 92.9 Å². The minimum Gasteiger partial charge on any atom is -0.366 e. The van der Waals surface area contributed by atoms with E-state index in [0.29, 0.717) is 11.5 Å². The van der Waals surface area contributed by atoms with Crippen molar-refractivity contribution in [2.45, 2.75) is 19.5 Å². The Kier molecular flexibility index (Phi) is 2.75. The van der Waals surface area contributed by atoms with Gasteiger partial charge in [0.2, 0.25) is 0 Å². The summed E-state index contributed by atoms with van der Waals surface area (Å²) in [6, 6.07) is 1.90. The van der Waals surface area contributed by atoms with Gasteiger partial charge in [-0.2, -0.15) is 5.10 Å². The molecule has 0 aliphatic carbocycles. The molecule has 0 saturated heterocycles. The third-order valence-electron chi connectivity index (χ3n) is 2.75. The van der Waals surface area contributed by atoms with Crippen LogP contribution in [0.3, 0.4) is 0 Å². The lowest BCUT2D eigenvalue weighted by Crippen LogP contribution is -2.22. The number of nitrogens with zero attached hydrogens (tertiary/aromatic N) is 5. The van der Waals surface area contributed by atoms with Crippen molar-refractivity contribution in [3.8, 4) is 0 Å². The molecular formula is C11H13N7O. The van der Waals surface area contributed by atoms with Gasteiger partial charge in [0.1, 0.15) is 12.1 Å². The van der Waals surface area contributed by atoms with E-state index in [9.17, 15) is 4.79 Å². The molecule has 8 nitrogen and oxygen atoms in total. The van der Waals surface area contributed by atoms with Crippen LogP contribution in [0.25, 0.3) is 5.65 Å². The van der Waals surface area contributed by atoms with Gasteiger partial charge in [-0.25, -0.2) is 24.3 Å². The quantitative estimate of drug-likeness (QED) is 0.694.